The van der Waals surface area contributed by atoms with Crippen molar-refractivity contribution in [3.8, 4) is 0 Å². The molecular weight excluding hydrogens is 250 g/mol. The van der Waals surface area contributed by atoms with E-state index in [4.69, 9.17) is 9.15 Å². The number of rotatable bonds is 8. The third-order valence-electron chi connectivity index (χ3n) is 2.42. The summed E-state index contributed by atoms with van der Waals surface area (Å²) in [5.74, 6) is 0. The van der Waals surface area contributed by atoms with Gasteiger partial charge in [0.1, 0.15) is 0 Å². The van der Waals surface area contributed by atoms with Crippen molar-refractivity contribution in [2.24, 2.45) is 0 Å². The first-order valence-corrected chi connectivity index (χ1v) is 6.72. The number of ether oxygens (including phenoxy) is 1. The predicted octanol–water partition coefficient (Wildman–Crippen LogP) is 2.01. The molecule has 5 heteroatoms. The first-order valence-electron chi connectivity index (χ1n) is 5.84. The third-order valence-corrected chi connectivity index (χ3v) is 3.27. The van der Waals surface area contributed by atoms with Gasteiger partial charge < -0.3 is 19.6 Å². The molecule has 98 valence electrons. The third kappa shape index (κ3) is 4.62. The fourth-order valence-corrected chi connectivity index (χ4v) is 2.17. The van der Waals surface area contributed by atoms with E-state index in [-0.39, 0.29) is 0 Å². The van der Waals surface area contributed by atoms with Crippen molar-refractivity contribution in [2.45, 2.75) is 19.3 Å². The molecule has 2 aromatic heterocycles. The molecule has 1 unspecified atom stereocenters. The standard InChI is InChI=1S/C13H17NO3S/c15-12(7-14-6-11-3-4-16-8-11)9-17-10-13-2-1-5-18-13/h1-5,8,12,14-15H,6-7,9-10H2. The lowest BCUT2D eigenvalue weighted by molar-refractivity contribution is 0.0297. The molecule has 0 bridgehead atoms. The first kappa shape index (κ1) is 13.3. The molecule has 0 saturated carbocycles. The minimum atomic E-state index is -0.489. The van der Waals surface area contributed by atoms with Gasteiger partial charge in [0.2, 0.25) is 0 Å². The number of nitrogens with one attached hydrogen (secondary N) is 1. The molecule has 0 saturated heterocycles. The highest BCUT2D eigenvalue weighted by Gasteiger charge is 2.04. The van der Waals surface area contributed by atoms with E-state index in [9.17, 15) is 5.11 Å². The lowest BCUT2D eigenvalue weighted by atomic mass is 10.3. The van der Waals surface area contributed by atoms with Crippen LogP contribution in [0.1, 0.15) is 10.4 Å². The normalized spacial score (nSPS) is 12.7. The van der Waals surface area contributed by atoms with Crippen molar-refractivity contribution >= 4 is 11.3 Å². The number of furan rings is 1. The maximum Gasteiger partial charge on any atom is 0.0947 e. The molecule has 4 nitrogen and oxygen atoms in total. The molecule has 2 aromatic rings. The van der Waals surface area contributed by atoms with Crippen LogP contribution in [0.25, 0.3) is 0 Å². The van der Waals surface area contributed by atoms with Gasteiger partial charge in [-0.15, -0.1) is 11.3 Å². The van der Waals surface area contributed by atoms with Crippen LogP contribution in [0.15, 0.2) is 40.5 Å². The molecule has 2 N–H and O–H groups in total. The zero-order valence-electron chi connectivity index (χ0n) is 10.0. The van der Waals surface area contributed by atoms with Crippen LogP contribution in [0, 0.1) is 0 Å². The second-order valence-corrected chi connectivity index (χ2v) is 5.04. The van der Waals surface area contributed by atoms with E-state index in [1.54, 1.807) is 23.9 Å². The van der Waals surface area contributed by atoms with Crippen LogP contribution < -0.4 is 5.32 Å². The summed E-state index contributed by atoms with van der Waals surface area (Å²) in [6.45, 7) is 2.11. The van der Waals surface area contributed by atoms with Crippen molar-refractivity contribution in [3.63, 3.8) is 0 Å². The summed E-state index contributed by atoms with van der Waals surface area (Å²) < 4.78 is 10.4. The highest BCUT2D eigenvalue weighted by Crippen LogP contribution is 2.09. The second kappa shape index (κ2) is 7.33. The minimum absolute atomic E-state index is 0.344. The monoisotopic (exact) mass is 267 g/mol. The summed E-state index contributed by atoms with van der Waals surface area (Å²) >= 11 is 1.66. The van der Waals surface area contributed by atoms with E-state index in [0.29, 0.717) is 26.3 Å². The van der Waals surface area contributed by atoms with Crippen LogP contribution in [-0.4, -0.2) is 24.4 Å². The molecule has 0 aliphatic carbocycles. The molecule has 1 atom stereocenters. The highest BCUT2D eigenvalue weighted by atomic mass is 32.1. The Kier molecular flexibility index (Phi) is 5.41. The summed E-state index contributed by atoms with van der Waals surface area (Å²) in [5.41, 5.74) is 1.07. The fraction of sp³-hybridized carbons (Fsp3) is 0.385. The van der Waals surface area contributed by atoms with E-state index < -0.39 is 6.10 Å². The van der Waals surface area contributed by atoms with Gasteiger partial charge in [0, 0.05) is 23.5 Å². The minimum Gasteiger partial charge on any atom is -0.472 e. The van der Waals surface area contributed by atoms with Gasteiger partial charge in [0.25, 0.3) is 0 Å². The molecule has 2 heterocycles. The van der Waals surface area contributed by atoms with Crippen LogP contribution in [0.2, 0.25) is 0 Å². The number of thiophene rings is 1. The van der Waals surface area contributed by atoms with Gasteiger partial charge in [-0.25, -0.2) is 0 Å². The number of aliphatic hydroxyl groups excluding tert-OH is 1. The summed E-state index contributed by atoms with van der Waals surface area (Å²) in [4.78, 5) is 1.17. The van der Waals surface area contributed by atoms with Crippen molar-refractivity contribution in [1.82, 2.24) is 5.32 Å². The van der Waals surface area contributed by atoms with Gasteiger partial charge in [-0.2, -0.15) is 0 Å². The van der Waals surface area contributed by atoms with Gasteiger partial charge in [0.05, 0.1) is 31.8 Å². The fourth-order valence-electron chi connectivity index (χ4n) is 1.53. The SMILES string of the molecule is OC(CNCc1ccoc1)COCc1cccs1. The maximum absolute atomic E-state index is 9.70. The largest absolute Gasteiger partial charge is 0.472 e. The molecule has 0 radical (unpaired) electrons. The predicted molar refractivity (Wildman–Crippen MR) is 70.4 cm³/mol. The summed E-state index contributed by atoms with van der Waals surface area (Å²) in [5, 5.41) is 14.9. The topological polar surface area (TPSA) is 54.6 Å². The zero-order valence-corrected chi connectivity index (χ0v) is 10.9. The van der Waals surface area contributed by atoms with Crippen molar-refractivity contribution in [2.75, 3.05) is 13.2 Å². The van der Waals surface area contributed by atoms with E-state index >= 15 is 0 Å². The number of hydrogen-bond acceptors (Lipinski definition) is 5. The van der Waals surface area contributed by atoms with Gasteiger partial charge in [-0.1, -0.05) is 6.07 Å². The van der Waals surface area contributed by atoms with Gasteiger partial charge >= 0.3 is 0 Å². The molecular formula is C13H17NO3S. The summed E-state index contributed by atoms with van der Waals surface area (Å²) in [6, 6.07) is 5.91. The molecule has 0 fully saturated rings. The highest BCUT2D eigenvalue weighted by molar-refractivity contribution is 7.09. The van der Waals surface area contributed by atoms with E-state index in [1.165, 1.54) is 4.88 Å². The Hall–Kier alpha value is -1.14. The van der Waals surface area contributed by atoms with E-state index in [1.807, 2.05) is 23.6 Å². The lowest BCUT2D eigenvalue weighted by Gasteiger charge is -2.11. The molecule has 0 aliphatic rings. The Labute approximate surface area is 110 Å². The summed E-state index contributed by atoms with van der Waals surface area (Å²) in [7, 11) is 0. The average Bonchev–Trinajstić information content (AvgIpc) is 3.01. The average molecular weight is 267 g/mol. The Morgan fingerprint density at radius 1 is 1.44 bits per heavy atom. The molecule has 0 spiro atoms. The second-order valence-electron chi connectivity index (χ2n) is 4.01. The molecule has 0 amide bonds. The summed E-state index contributed by atoms with van der Waals surface area (Å²) in [6.07, 6.45) is 2.83. The van der Waals surface area contributed by atoms with Gasteiger partial charge in [-0.05, 0) is 17.5 Å². The number of hydrogen-bond donors (Lipinski definition) is 2. The van der Waals surface area contributed by atoms with Crippen molar-refractivity contribution < 1.29 is 14.3 Å². The van der Waals surface area contributed by atoms with Crippen LogP contribution >= 0.6 is 11.3 Å². The molecule has 0 aromatic carbocycles. The number of aliphatic hydroxyl groups is 1. The van der Waals surface area contributed by atoms with Gasteiger partial charge in [0.15, 0.2) is 0 Å². The van der Waals surface area contributed by atoms with Crippen LogP contribution in [0.5, 0.6) is 0 Å². The van der Waals surface area contributed by atoms with Crippen LogP contribution in [0.3, 0.4) is 0 Å². The lowest BCUT2D eigenvalue weighted by Crippen LogP contribution is -2.29. The molecule has 0 aliphatic heterocycles. The van der Waals surface area contributed by atoms with Crippen LogP contribution in [0.4, 0.5) is 0 Å². The van der Waals surface area contributed by atoms with Gasteiger partial charge in [-0.3, -0.25) is 0 Å². The Balaban J connectivity index is 1.53. The van der Waals surface area contributed by atoms with E-state index in [2.05, 4.69) is 5.32 Å². The van der Waals surface area contributed by atoms with E-state index in [0.717, 1.165) is 5.56 Å². The van der Waals surface area contributed by atoms with Crippen LogP contribution in [-0.2, 0) is 17.9 Å². The quantitative estimate of drug-likeness (QED) is 0.768. The Morgan fingerprint density at radius 3 is 3.11 bits per heavy atom. The smallest absolute Gasteiger partial charge is 0.0947 e. The Morgan fingerprint density at radius 2 is 2.39 bits per heavy atom. The molecule has 2 rings (SSSR count). The van der Waals surface area contributed by atoms with Crippen molar-refractivity contribution in [1.29, 1.82) is 0 Å². The van der Waals surface area contributed by atoms with Crippen molar-refractivity contribution in [3.05, 3.63) is 46.5 Å². The Bertz CT molecular complexity index is 373. The maximum atomic E-state index is 9.70. The first-order chi connectivity index (χ1) is 8.84. The zero-order chi connectivity index (χ0) is 12.6. The molecule has 18 heavy (non-hydrogen) atoms.